The molecule has 0 N–H and O–H groups in total. The Labute approximate surface area is 144 Å². The molecule has 1 aliphatic rings. The van der Waals surface area contributed by atoms with Crippen molar-refractivity contribution >= 4 is 0 Å². The Hall–Kier alpha value is -1.83. The molecule has 1 aliphatic carbocycles. The summed E-state index contributed by atoms with van der Waals surface area (Å²) < 4.78 is 19.9. The molecule has 0 spiro atoms. The van der Waals surface area contributed by atoms with Crippen LogP contribution in [0.25, 0.3) is 11.1 Å². The summed E-state index contributed by atoms with van der Waals surface area (Å²) in [5, 5.41) is 0. The van der Waals surface area contributed by atoms with E-state index in [4.69, 9.17) is 4.74 Å². The minimum absolute atomic E-state index is 0.183. The Bertz CT molecular complexity index is 733. The van der Waals surface area contributed by atoms with Crippen LogP contribution >= 0.6 is 0 Å². The Kier molecular flexibility index (Phi) is 4.67. The molecule has 1 unspecified atom stereocenters. The van der Waals surface area contributed by atoms with E-state index in [1.54, 1.807) is 13.2 Å². The molecule has 2 aromatic carbocycles. The summed E-state index contributed by atoms with van der Waals surface area (Å²) in [6, 6.07) is 11.5. The molecule has 0 heterocycles. The molecular weight excluding hydrogens is 299 g/mol. The van der Waals surface area contributed by atoms with Crippen LogP contribution in [-0.2, 0) is 6.42 Å². The van der Waals surface area contributed by atoms with E-state index in [-0.39, 0.29) is 11.2 Å². The summed E-state index contributed by atoms with van der Waals surface area (Å²) in [5.41, 5.74) is 4.54. The third-order valence-electron chi connectivity index (χ3n) is 5.62. The molecule has 2 aromatic rings. The van der Waals surface area contributed by atoms with E-state index < -0.39 is 0 Å². The number of halogens is 1. The predicted octanol–water partition coefficient (Wildman–Crippen LogP) is 6.36. The molecule has 2 heteroatoms. The monoisotopic (exact) mass is 326 g/mol. The standard InChI is InChI=1S/C22H27FO/c1-5-15-8-10-17(19-14-16(24-4)9-11-21(19)23)18(13-15)20-7-6-12-22(20,2)3/h8-11,13-14,20H,5-7,12H2,1-4H3. The third-order valence-corrected chi connectivity index (χ3v) is 5.62. The number of rotatable bonds is 4. The highest BCUT2D eigenvalue weighted by Gasteiger charge is 2.37. The maximum atomic E-state index is 14.6. The van der Waals surface area contributed by atoms with Gasteiger partial charge in [0.1, 0.15) is 11.6 Å². The van der Waals surface area contributed by atoms with Crippen LogP contribution < -0.4 is 4.74 Å². The number of benzene rings is 2. The van der Waals surface area contributed by atoms with E-state index in [9.17, 15) is 4.39 Å². The van der Waals surface area contributed by atoms with Crippen molar-refractivity contribution in [1.29, 1.82) is 0 Å². The van der Waals surface area contributed by atoms with E-state index in [1.807, 2.05) is 6.07 Å². The van der Waals surface area contributed by atoms with Gasteiger partial charge in [-0.1, -0.05) is 45.4 Å². The second-order valence-electron chi connectivity index (χ2n) is 7.55. The summed E-state index contributed by atoms with van der Waals surface area (Å²) >= 11 is 0. The predicted molar refractivity (Wildman–Crippen MR) is 98.1 cm³/mol. The lowest BCUT2D eigenvalue weighted by Crippen LogP contribution is -2.16. The second kappa shape index (κ2) is 6.58. The minimum Gasteiger partial charge on any atom is -0.497 e. The third kappa shape index (κ3) is 3.07. The fourth-order valence-corrected chi connectivity index (χ4v) is 4.11. The van der Waals surface area contributed by atoms with Crippen molar-refractivity contribution in [3.8, 4) is 16.9 Å². The summed E-state index contributed by atoms with van der Waals surface area (Å²) in [7, 11) is 1.62. The minimum atomic E-state index is -0.183. The summed E-state index contributed by atoms with van der Waals surface area (Å²) in [5.74, 6) is 0.990. The number of hydrogen-bond donors (Lipinski definition) is 0. The van der Waals surface area contributed by atoms with E-state index in [0.717, 1.165) is 12.0 Å². The maximum Gasteiger partial charge on any atom is 0.131 e. The summed E-state index contributed by atoms with van der Waals surface area (Å²) in [6.45, 7) is 6.86. The average molecular weight is 326 g/mol. The Morgan fingerprint density at radius 3 is 2.54 bits per heavy atom. The van der Waals surface area contributed by atoms with Gasteiger partial charge in [-0.3, -0.25) is 0 Å². The molecule has 1 fully saturated rings. The van der Waals surface area contributed by atoms with Crippen molar-refractivity contribution in [3.05, 3.63) is 53.3 Å². The van der Waals surface area contributed by atoms with Gasteiger partial charge in [-0.2, -0.15) is 0 Å². The molecule has 1 atom stereocenters. The van der Waals surface area contributed by atoms with Crippen molar-refractivity contribution in [2.75, 3.05) is 7.11 Å². The normalized spacial score (nSPS) is 19.5. The first-order valence-corrected chi connectivity index (χ1v) is 8.93. The summed E-state index contributed by atoms with van der Waals surface area (Å²) in [4.78, 5) is 0. The zero-order chi connectivity index (χ0) is 17.3. The van der Waals surface area contributed by atoms with E-state index in [1.165, 1.54) is 36.5 Å². The molecule has 1 saturated carbocycles. The van der Waals surface area contributed by atoms with Gasteiger partial charge in [0.05, 0.1) is 7.11 Å². The molecule has 1 nitrogen and oxygen atoms in total. The zero-order valence-corrected chi connectivity index (χ0v) is 15.2. The Balaban J connectivity index is 2.18. The fourth-order valence-electron chi connectivity index (χ4n) is 4.11. The van der Waals surface area contributed by atoms with Crippen LogP contribution in [0.4, 0.5) is 4.39 Å². The average Bonchev–Trinajstić information content (AvgIpc) is 2.94. The lowest BCUT2D eigenvalue weighted by atomic mass is 9.75. The van der Waals surface area contributed by atoms with Crippen LogP contribution in [0.15, 0.2) is 36.4 Å². The molecule has 0 amide bonds. The van der Waals surface area contributed by atoms with Gasteiger partial charge < -0.3 is 4.74 Å². The van der Waals surface area contributed by atoms with Gasteiger partial charge in [-0.05, 0) is 65.5 Å². The number of hydrogen-bond acceptors (Lipinski definition) is 1. The van der Waals surface area contributed by atoms with Crippen LogP contribution in [-0.4, -0.2) is 7.11 Å². The zero-order valence-electron chi connectivity index (χ0n) is 15.2. The van der Waals surface area contributed by atoms with Crippen LogP contribution in [0, 0.1) is 11.2 Å². The van der Waals surface area contributed by atoms with Crippen molar-refractivity contribution in [3.63, 3.8) is 0 Å². The van der Waals surface area contributed by atoms with Crippen molar-refractivity contribution in [2.45, 2.75) is 52.4 Å². The highest BCUT2D eigenvalue weighted by molar-refractivity contribution is 5.71. The molecule has 0 saturated heterocycles. The Morgan fingerprint density at radius 1 is 1.12 bits per heavy atom. The molecule has 0 aliphatic heterocycles. The van der Waals surface area contributed by atoms with Crippen LogP contribution in [0.3, 0.4) is 0 Å². The van der Waals surface area contributed by atoms with Crippen LogP contribution in [0.1, 0.15) is 57.1 Å². The topological polar surface area (TPSA) is 9.23 Å². The first-order valence-electron chi connectivity index (χ1n) is 8.93. The number of methoxy groups -OCH3 is 1. The van der Waals surface area contributed by atoms with Crippen molar-refractivity contribution < 1.29 is 9.13 Å². The van der Waals surface area contributed by atoms with E-state index in [0.29, 0.717) is 17.2 Å². The van der Waals surface area contributed by atoms with Gasteiger partial charge in [0.2, 0.25) is 0 Å². The van der Waals surface area contributed by atoms with Crippen LogP contribution in [0.2, 0.25) is 0 Å². The van der Waals surface area contributed by atoms with E-state index in [2.05, 4.69) is 39.0 Å². The lowest BCUT2D eigenvalue weighted by Gasteiger charge is -2.30. The lowest BCUT2D eigenvalue weighted by molar-refractivity contribution is 0.332. The molecule has 24 heavy (non-hydrogen) atoms. The van der Waals surface area contributed by atoms with Gasteiger partial charge in [0.15, 0.2) is 0 Å². The molecule has 0 bridgehead atoms. The smallest absolute Gasteiger partial charge is 0.131 e. The van der Waals surface area contributed by atoms with E-state index >= 15 is 0 Å². The van der Waals surface area contributed by atoms with Gasteiger partial charge >= 0.3 is 0 Å². The second-order valence-corrected chi connectivity index (χ2v) is 7.55. The van der Waals surface area contributed by atoms with Gasteiger partial charge in [-0.25, -0.2) is 4.39 Å². The fraction of sp³-hybridized carbons (Fsp3) is 0.455. The van der Waals surface area contributed by atoms with Gasteiger partial charge in [-0.15, -0.1) is 0 Å². The molecular formula is C22H27FO. The highest BCUT2D eigenvalue weighted by Crippen LogP contribution is 2.51. The van der Waals surface area contributed by atoms with Crippen molar-refractivity contribution in [2.24, 2.45) is 5.41 Å². The first-order chi connectivity index (χ1) is 11.5. The molecule has 128 valence electrons. The van der Waals surface area contributed by atoms with Gasteiger partial charge in [0.25, 0.3) is 0 Å². The molecule has 0 aromatic heterocycles. The molecule has 0 radical (unpaired) electrons. The maximum absolute atomic E-state index is 14.6. The molecule has 3 rings (SSSR count). The quantitative estimate of drug-likeness (QED) is 0.635. The van der Waals surface area contributed by atoms with Crippen LogP contribution in [0.5, 0.6) is 5.75 Å². The van der Waals surface area contributed by atoms with Gasteiger partial charge in [0, 0.05) is 5.56 Å². The largest absolute Gasteiger partial charge is 0.497 e. The number of ether oxygens (including phenoxy) is 1. The SMILES string of the molecule is CCc1ccc(-c2cc(OC)ccc2F)c(C2CCCC2(C)C)c1. The first kappa shape index (κ1) is 17.0. The van der Waals surface area contributed by atoms with Crippen molar-refractivity contribution in [1.82, 2.24) is 0 Å². The Morgan fingerprint density at radius 2 is 1.92 bits per heavy atom. The summed E-state index contributed by atoms with van der Waals surface area (Å²) in [6.07, 6.45) is 4.65. The number of aryl methyl sites for hydroxylation is 1. The highest BCUT2D eigenvalue weighted by atomic mass is 19.1.